The lowest BCUT2D eigenvalue weighted by atomic mass is 9.69. The molecular weight excluding hydrogens is 341 g/mol. The number of guanidine groups is 1. The van der Waals surface area contributed by atoms with Crippen molar-refractivity contribution in [3.05, 3.63) is 53.6 Å². The number of aryl methyl sites for hydroxylation is 1. The van der Waals surface area contributed by atoms with E-state index in [4.69, 9.17) is 4.99 Å². The van der Waals surface area contributed by atoms with Crippen LogP contribution >= 0.6 is 0 Å². The topological polar surface area (TPSA) is 54.2 Å². The summed E-state index contributed by atoms with van der Waals surface area (Å²) >= 11 is 0. The van der Waals surface area contributed by atoms with Crippen LogP contribution < -0.4 is 10.6 Å². The molecule has 146 valence electrons. The van der Waals surface area contributed by atoms with E-state index in [9.17, 15) is 4.39 Å². The molecule has 3 rings (SSSR count). The van der Waals surface area contributed by atoms with Gasteiger partial charge in [-0.1, -0.05) is 31.4 Å². The van der Waals surface area contributed by atoms with Gasteiger partial charge in [0.05, 0.1) is 12.2 Å². The zero-order valence-electron chi connectivity index (χ0n) is 16.3. The Morgan fingerprint density at radius 1 is 1.22 bits per heavy atom. The summed E-state index contributed by atoms with van der Waals surface area (Å²) < 4.78 is 15.7. The first-order valence-electron chi connectivity index (χ1n) is 9.88. The monoisotopic (exact) mass is 371 g/mol. The van der Waals surface area contributed by atoms with Gasteiger partial charge in [-0.25, -0.2) is 9.38 Å². The van der Waals surface area contributed by atoms with Crippen LogP contribution in [0.3, 0.4) is 0 Å². The molecule has 0 bridgehead atoms. The van der Waals surface area contributed by atoms with E-state index in [0.29, 0.717) is 6.54 Å². The number of aliphatic imine (C=N–C) groups is 1. The van der Waals surface area contributed by atoms with Gasteiger partial charge >= 0.3 is 0 Å². The molecule has 1 saturated carbocycles. The SMILES string of the molecule is CCNC(=NCc1ccnn1C)NCC1(c2cccc(F)c2)CCCCC1. The largest absolute Gasteiger partial charge is 0.357 e. The lowest BCUT2D eigenvalue weighted by Crippen LogP contribution is -2.46. The number of hydrogen-bond acceptors (Lipinski definition) is 2. The minimum Gasteiger partial charge on any atom is -0.357 e. The maximum atomic E-state index is 13.9. The summed E-state index contributed by atoms with van der Waals surface area (Å²) in [7, 11) is 1.92. The fraction of sp³-hybridized carbons (Fsp3) is 0.524. The average molecular weight is 372 g/mol. The Bertz CT molecular complexity index is 761. The second-order valence-corrected chi connectivity index (χ2v) is 7.35. The van der Waals surface area contributed by atoms with E-state index in [1.807, 2.05) is 23.9 Å². The Kier molecular flexibility index (Phi) is 6.48. The van der Waals surface area contributed by atoms with Gasteiger partial charge in [0.1, 0.15) is 5.82 Å². The molecule has 1 aliphatic carbocycles. The van der Waals surface area contributed by atoms with Crippen molar-refractivity contribution in [1.82, 2.24) is 20.4 Å². The van der Waals surface area contributed by atoms with Crippen LogP contribution in [0, 0.1) is 5.82 Å². The Morgan fingerprint density at radius 3 is 2.70 bits per heavy atom. The molecule has 0 amide bonds. The molecule has 1 aromatic carbocycles. The van der Waals surface area contributed by atoms with Gasteiger partial charge in [0.2, 0.25) is 0 Å². The number of halogens is 1. The van der Waals surface area contributed by atoms with Crippen LogP contribution in [-0.4, -0.2) is 28.8 Å². The predicted octanol–water partition coefficient (Wildman–Crippen LogP) is 3.52. The first-order chi connectivity index (χ1) is 13.1. The zero-order valence-corrected chi connectivity index (χ0v) is 16.3. The molecule has 6 heteroatoms. The summed E-state index contributed by atoms with van der Waals surface area (Å²) in [6.07, 6.45) is 7.55. The van der Waals surface area contributed by atoms with Crippen molar-refractivity contribution >= 4 is 5.96 Å². The standard InChI is InChI=1S/C21H30FN5/c1-3-23-20(24-15-19-10-13-26-27(19)2)25-16-21(11-5-4-6-12-21)17-8-7-9-18(22)14-17/h7-10,13-14H,3-6,11-12,15-16H2,1-2H3,(H2,23,24,25). The second-order valence-electron chi connectivity index (χ2n) is 7.35. The number of aromatic nitrogens is 2. The van der Waals surface area contributed by atoms with Crippen LogP contribution in [0.1, 0.15) is 50.3 Å². The van der Waals surface area contributed by atoms with E-state index >= 15 is 0 Å². The Balaban J connectivity index is 1.75. The summed E-state index contributed by atoms with van der Waals surface area (Å²) in [6.45, 7) is 4.18. The van der Waals surface area contributed by atoms with Crippen molar-refractivity contribution < 1.29 is 4.39 Å². The molecule has 0 atom stereocenters. The minimum atomic E-state index is -0.158. The molecular formula is C21H30FN5. The molecule has 5 nitrogen and oxygen atoms in total. The first-order valence-corrected chi connectivity index (χ1v) is 9.88. The molecule has 1 fully saturated rings. The van der Waals surface area contributed by atoms with E-state index in [2.05, 4.69) is 28.7 Å². The van der Waals surface area contributed by atoms with Crippen molar-refractivity contribution in [2.24, 2.45) is 12.0 Å². The highest BCUT2D eigenvalue weighted by atomic mass is 19.1. The molecule has 0 spiro atoms. The maximum absolute atomic E-state index is 13.9. The van der Waals surface area contributed by atoms with Gasteiger partial charge in [0.15, 0.2) is 5.96 Å². The fourth-order valence-corrected chi connectivity index (χ4v) is 3.93. The van der Waals surface area contributed by atoms with Gasteiger partial charge in [-0.05, 0) is 43.5 Å². The summed E-state index contributed by atoms with van der Waals surface area (Å²) in [6, 6.07) is 9.08. The smallest absolute Gasteiger partial charge is 0.191 e. The van der Waals surface area contributed by atoms with Crippen LogP contribution in [0.4, 0.5) is 4.39 Å². The zero-order chi connectivity index (χ0) is 19.1. The summed E-state index contributed by atoms with van der Waals surface area (Å²) in [5.74, 6) is 0.634. The lowest BCUT2D eigenvalue weighted by Gasteiger charge is -2.38. The highest BCUT2D eigenvalue weighted by Crippen LogP contribution is 2.39. The quantitative estimate of drug-likeness (QED) is 0.603. The Labute approximate surface area is 161 Å². The lowest BCUT2D eigenvalue weighted by molar-refractivity contribution is 0.290. The van der Waals surface area contributed by atoms with Crippen LogP contribution in [-0.2, 0) is 19.0 Å². The van der Waals surface area contributed by atoms with E-state index in [1.165, 1.54) is 25.3 Å². The van der Waals surface area contributed by atoms with Crippen LogP contribution in [0.15, 0.2) is 41.5 Å². The molecule has 0 radical (unpaired) electrons. The van der Waals surface area contributed by atoms with Gasteiger partial charge < -0.3 is 10.6 Å². The second kappa shape index (κ2) is 9.02. The molecule has 1 aromatic heterocycles. The molecule has 1 aliphatic rings. The molecule has 0 unspecified atom stereocenters. The highest BCUT2D eigenvalue weighted by Gasteiger charge is 2.34. The fourth-order valence-electron chi connectivity index (χ4n) is 3.93. The van der Waals surface area contributed by atoms with E-state index in [-0.39, 0.29) is 11.2 Å². The van der Waals surface area contributed by atoms with Gasteiger partial charge in [0.25, 0.3) is 0 Å². The van der Waals surface area contributed by atoms with Crippen molar-refractivity contribution in [2.75, 3.05) is 13.1 Å². The maximum Gasteiger partial charge on any atom is 0.191 e. The Morgan fingerprint density at radius 2 is 2.04 bits per heavy atom. The highest BCUT2D eigenvalue weighted by molar-refractivity contribution is 5.79. The van der Waals surface area contributed by atoms with Gasteiger partial charge in [0, 0.05) is 31.7 Å². The van der Waals surface area contributed by atoms with Crippen molar-refractivity contribution in [3.63, 3.8) is 0 Å². The van der Waals surface area contributed by atoms with Gasteiger partial charge in [-0.15, -0.1) is 0 Å². The first kappa shape index (κ1) is 19.4. The number of nitrogens with one attached hydrogen (secondary N) is 2. The molecule has 0 saturated heterocycles. The molecule has 0 aliphatic heterocycles. The van der Waals surface area contributed by atoms with Crippen molar-refractivity contribution in [1.29, 1.82) is 0 Å². The third-order valence-electron chi connectivity index (χ3n) is 5.51. The van der Waals surface area contributed by atoms with Gasteiger partial charge in [-0.3, -0.25) is 4.68 Å². The average Bonchev–Trinajstić information content (AvgIpc) is 3.09. The summed E-state index contributed by atoms with van der Waals surface area (Å²) in [5, 5.41) is 11.0. The summed E-state index contributed by atoms with van der Waals surface area (Å²) in [4.78, 5) is 4.70. The van der Waals surface area contributed by atoms with Crippen LogP contribution in [0.25, 0.3) is 0 Å². The molecule has 1 heterocycles. The van der Waals surface area contributed by atoms with E-state index in [0.717, 1.165) is 43.1 Å². The predicted molar refractivity (Wildman–Crippen MR) is 107 cm³/mol. The van der Waals surface area contributed by atoms with Crippen molar-refractivity contribution in [2.45, 2.75) is 51.0 Å². The third kappa shape index (κ3) is 4.87. The number of hydrogen-bond donors (Lipinski definition) is 2. The number of rotatable bonds is 6. The van der Waals surface area contributed by atoms with Crippen molar-refractivity contribution in [3.8, 4) is 0 Å². The summed E-state index contributed by atoms with van der Waals surface area (Å²) in [5.41, 5.74) is 2.12. The molecule has 2 N–H and O–H groups in total. The van der Waals surface area contributed by atoms with Crippen LogP contribution in [0.2, 0.25) is 0 Å². The van der Waals surface area contributed by atoms with Crippen LogP contribution in [0.5, 0.6) is 0 Å². The Hall–Kier alpha value is -2.37. The number of benzene rings is 1. The molecule has 27 heavy (non-hydrogen) atoms. The minimum absolute atomic E-state index is 0.0386. The third-order valence-corrected chi connectivity index (χ3v) is 5.51. The van der Waals surface area contributed by atoms with E-state index < -0.39 is 0 Å². The normalized spacial score (nSPS) is 16.9. The molecule has 2 aromatic rings. The van der Waals surface area contributed by atoms with E-state index in [1.54, 1.807) is 12.3 Å². The van der Waals surface area contributed by atoms with Gasteiger partial charge in [-0.2, -0.15) is 5.10 Å². The number of nitrogens with zero attached hydrogens (tertiary/aromatic N) is 3.